The normalized spacial score (nSPS) is 13.4. The van der Waals surface area contributed by atoms with Crippen LogP contribution in [0.3, 0.4) is 0 Å². The fourth-order valence-electron chi connectivity index (χ4n) is 1.27. The van der Waals surface area contributed by atoms with E-state index in [0.717, 1.165) is 5.56 Å². The molecule has 1 atom stereocenters. The molecule has 0 heterocycles. The molecular formula is C10H14NO4P. The number of hydrogen-bond donors (Lipinski definition) is 3. The fraction of sp³-hybridized carbons (Fsp3) is 0.300. The highest BCUT2D eigenvalue weighted by atomic mass is 31.2. The van der Waals surface area contributed by atoms with Crippen molar-refractivity contribution in [3.63, 3.8) is 0 Å². The van der Waals surface area contributed by atoms with Gasteiger partial charge in [0.1, 0.15) is 6.29 Å². The largest absolute Gasteiger partial charge is 0.339 e. The Balaban J connectivity index is 2.50. The summed E-state index contributed by atoms with van der Waals surface area (Å²) in [6.07, 6.45) is 0.593. The third-order valence-corrected chi connectivity index (χ3v) is 2.62. The number of carbonyl (C=O) groups excluding carboxylic acids is 1. The van der Waals surface area contributed by atoms with E-state index < -0.39 is 19.9 Å². The monoisotopic (exact) mass is 243 g/mol. The summed E-state index contributed by atoms with van der Waals surface area (Å²) in [5.74, 6) is 0. The van der Waals surface area contributed by atoms with Gasteiger partial charge in [-0.15, -0.1) is 0 Å². The van der Waals surface area contributed by atoms with Crippen LogP contribution in [0, 0.1) is 0 Å². The molecule has 0 aromatic heterocycles. The molecule has 1 aromatic carbocycles. The van der Waals surface area contributed by atoms with E-state index in [2.05, 4.69) is 5.32 Å². The predicted molar refractivity (Wildman–Crippen MR) is 60.0 cm³/mol. The highest BCUT2D eigenvalue weighted by molar-refractivity contribution is 7.51. The molecule has 1 rings (SSSR count). The SMILES string of the molecule is O=CC(Cc1ccccc1)NCP(=O)(O)O. The van der Waals surface area contributed by atoms with Crippen molar-refractivity contribution in [3.05, 3.63) is 35.9 Å². The quantitative estimate of drug-likeness (QED) is 0.501. The van der Waals surface area contributed by atoms with E-state index in [-0.39, 0.29) is 0 Å². The minimum Gasteiger partial charge on any atom is -0.324 e. The van der Waals surface area contributed by atoms with Crippen LogP contribution in [-0.4, -0.2) is 28.4 Å². The first-order chi connectivity index (χ1) is 7.51. The number of carbonyl (C=O) groups is 1. The summed E-state index contributed by atoms with van der Waals surface area (Å²) in [4.78, 5) is 28.0. The second-order valence-corrected chi connectivity index (χ2v) is 5.10. The van der Waals surface area contributed by atoms with Crippen molar-refractivity contribution in [3.8, 4) is 0 Å². The Morgan fingerprint density at radius 1 is 1.31 bits per heavy atom. The van der Waals surface area contributed by atoms with Crippen LogP contribution < -0.4 is 5.32 Å². The fourth-order valence-corrected chi connectivity index (χ4v) is 1.74. The van der Waals surface area contributed by atoms with Gasteiger partial charge in [-0.25, -0.2) is 0 Å². The summed E-state index contributed by atoms with van der Waals surface area (Å²) in [5.41, 5.74) is 0.942. The van der Waals surface area contributed by atoms with Crippen LogP contribution in [-0.2, 0) is 15.8 Å². The van der Waals surface area contributed by atoms with Crippen LogP contribution in [0.25, 0.3) is 0 Å². The van der Waals surface area contributed by atoms with Gasteiger partial charge in [0.05, 0.1) is 12.3 Å². The minimum atomic E-state index is -4.11. The van der Waals surface area contributed by atoms with Crippen LogP contribution in [0.4, 0.5) is 0 Å². The van der Waals surface area contributed by atoms with Crippen molar-refractivity contribution in [1.29, 1.82) is 0 Å². The van der Waals surface area contributed by atoms with Crippen LogP contribution in [0.1, 0.15) is 5.56 Å². The van der Waals surface area contributed by atoms with Crippen LogP contribution >= 0.6 is 7.60 Å². The van der Waals surface area contributed by atoms with Crippen molar-refractivity contribution >= 4 is 13.9 Å². The maximum Gasteiger partial charge on any atom is 0.339 e. The zero-order valence-corrected chi connectivity index (χ0v) is 9.51. The summed E-state index contributed by atoms with van der Waals surface area (Å²) in [6.45, 7) is 0. The average molecular weight is 243 g/mol. The Morgan fingerprint density at radius 2 is 1.94 bits per heavy atom. The Kier molecular flexibility index (Phi) is 4.83. The zero-order chi connectivity index (χ0) is 12.0. The van der Waals surface area contributed by atoms with Gasteiger partial charge in [-0.2, -0.15) is 0 Å². The minimum absolute atomic E-state index is 0.421. The van der Waals surface area contributed by atoms with Crippen molar-refractivity contribution < 1.29 is 19.1 Å². The van der Waals surface area contributed by atoms with Crippen molar-refractivity contribution in [2.24, 2.45) is 0 Å². The van der Waals surface area contributed by atoms with Crippen molar-refractivity contribution in [2.45, 2.75) is 12.5 Å². The van der Waals surface area contributed by atoms with E-state index in [1.54, 1.807) is 0 Å². The Bertz CT molecular complexity index is 376. The standard InChI is InChI=1S/C10H14NO4P/c12-7-10(11-8-16(13,14)15)6-9-4-2-1-3-5-9/h1-5,7,10-11H,6,8H2,(H2,13,14,15). The first kappa shape index (κ1) is 13.1. The molecule has 0 spiro atoms. The lowest BCUT2D eigenvalue weighted by atomic mass is 10.1. The Hall–Kier alpha value is -1.00. The number of hydrogen-bond acceptors (Lipinski definition) is 3. The van der Waals surface area contributed by atoms with E-state index in [1.807, 2.05) is 30.3 Å². The van der Waals surface area contributed by atoms with Gasteiger partial charge in [0, 0.05) is 0 Å². The van der Waals surface area contributed by atoms with Gasteiger partial charge in [0.2, 0.25) is 0 Å². The molecule has 0 aliphatic carbocycles. The van der Waals surface area contributed by atoms with Gasteiger partial charge in [0.25, 0.3) is 0 Å². The smallest absolute Gasteiger partial charge is 0.324 e. The molecule has 88 valence electrons. The molecule has 0 saturated heterocycles. The van der Waals surface area contributed by atoms with Gasteiger partial charge in [0.15, 0.2) is 0 Å². The van der Waals surface area contributed by atoms with Gasteiger partial charge < -0.3 is 14.6 Å². The van der Waals surface area contributed by atoms with E-state index in [0.29, 0.717) is 12.7 Å². The molecule has 1 aromatic rings. The molecule has 3 N–H and O–H groups in total. The second kappa shape index (κ2) is 5.92. The van der Waals surface area contributed by atoms with Crippen molar-refractivity contribution in [1.82, 2.24) is 5.32 Å². The number of rotatable bonds is 6. The molecule has 0 saturated carbocycles. The Labute approximate surface area is 93.7 Å². The van der Waals surface area contributed by atoms with Crippen molar-refractivity contribution in [2.75, 3.05) is 6.29 Å². The van der Waals surface area contributed by atoms with Crippen LogP contribution in [0.15, 0.2) is 30.3 Å². The zero-order valence-electron chi connectivity index (χ0n) is 8.61. The molecule has 0 aliphatic heterocycles. The van der Waals surface area contributed by atoms with Gasteiger partial charge >= 0.3 is 7.60 Å². The summed E-state index contributed by atoms with van der Waals surface area (Å²) < 4.78 is 10.6. The second-order valence-electron chi connectivity index (χ2n) is 3.46. The van der Waals surface area contributed by atoms with Gasteiger partial charge in [-0.3, -0.25) is 9.88 Å². The summed E-state index contributed by atoms with van der Waals surface area (Å²) in [7, 11) is -4.11. The van der Waals surface area contributed by atoms with Crippen LogP contribution in [0.2, 0.25) is 0 Å². The third-order valence-electron chi connectivity index (χ3n) is 2.02. The molecule has 0 bridgehead atoms. The maximum atomic E-state index is 10.7. The first-order valence-electron chi connectivity index (χ1n) is 4.78. The molecule has 0 radical (unpaired) electrons. The number of nitrogens with one attached hydrogen (secondary N) is 1. The van der Waals surface area contributed by atoms with E-state index in [9.17, 15) is 9.36 Å². The van der Waals surface area contributed by atoms with E-state index in [1.165, 1.54) is 0 Å². The lowest BCUT2D eigenvalue weighted by Crippen LogP contribution is -2.33. The molecule has 1 unspecified atom stereocenters. The third kappa shape index (κ3) is 5.19. The number of aldehydes is 1. The molecule has 0 fully saturated rings. The molecule has 5 nitrogen and oxygen atoms in total. The average Bonchev–Trinajstić information content (AvgIpc) is 2.24. The molecule has 0 aliphatic rings. The topological polar surface area (TPSA) is 86.6 Å². The molecular weight excluding hydrogens is 229 g/mol. The molecule has 6 heteroatoms. The molecule has 0 amide bonds. The molecule has 16 heavy (non-hydrogen) atoms. The predicted octanol–water partition coefficient (Wildman–Crippen LogP) is 0.521. The summed E-state index contributed by atoms with van der Waals surface area (Å²) >= 11 is 0. The van der Waals surface area contributed by atoms with E-state index in [4.69, 9.17) is 9.79 Å². The Morgan fingerprint density at radius 3 is 2.44 bits per heavy atom. The lowest BCUT2D eigenvalue weighted by molar-refractivity contribution is -0.109. The van der Waals surface area contributed by atoms with E-state index >= 15 is 0 Å². The first-order valence-corrected chi connectivity index (χ1v) is 6.58. The summed E-state index contributed by atoms with van der Waals surface area (Å²) in [5, 5.41) is 2.53. The highest BCUT2D eigenvalue weighted by Gasteiger charge is 2.16. The summed E-state index contributed by atoms with van der Waals surface area (Å²) in [6, 6.07) is 8.70. The lowest BCUT2D eigenvalue weighted by Gasteiger charge is -2.13. The van der Waals surface area contributed by atoms with Gasteiger partial charge in [-0.05, 0) is 12.0 Å². The van der Waals surface area contributed by atoms with Crippen LogP contribution in [0.5, 0.6) is 0 Å². The maximum absolute atomic E-state index is 10.7. The number of benzene rings is 1. The van der Waals surface area contributed by atoms with Gasteiger partial charge in [-0.1, -0.05) is 30.3 Å². The highest BCUT2D eigenvalue weighted by Crippen LogP contribution is 2.32.